The second-order valence-electron chi connectivity index (χ2n) is 3.82. The number of benzene rings is 1. The Balaban J connectivity index is 0.000000853. The van der Waals surface area contributed by atoms with Gasteiger partial charge in [0.1, 0.15) is 11.9 Å². The van der Waals surface area contributed by atoms with E-state index in [4.69, 9.17) is 0 Å². The Hall–Kier alpha value is -1.06. The molecular formula is C11H13ClN2O. The van der Waals surface area contributed by atoms with Crippen molar-refractivity contribution in [2.45, 2.75) is 19.1 Å². The van der Waals surface area contributed by atoms with Gasteiger partial charge in [-0.05, 0) is 18.1 Å². The molecule has 2 heterocycles. The highest BCUT2D eigenvalue weighted by atomic mass is 35.5. The summed E-state index contributed by atoms with van der Waals surface area (Å²) in [5, 5.41) is 9.68. The van der Waals surface area contributed by atoms with E-state index in [9.17, 15) is 5.11 Å². The smallest absolute Gasteiger partial charge is 0.134 e. The molecule has 0 radical (unpaired) electrons. The zero-order valence-electron chi connectivity index (χ0n) is 8.26. The maximum atomic E-state index is 9.68. The van der Waals surface area contributed by atoms with E-state index in [1.165, 1.54) is 5.56 Å². The van der Waals surface area contributed by atoms with Crippen molar-refractivity contribution in [2.75, 3.05) is 6.54 Å². The third-order valence-corrected chi connectivity index (χ3v) is 2.88. The fourth-order valence-electron chi connectivity index (χ4n) is 2.12. The Kier molecular flexibility index (Phi) is 2.67. The van der Waals surface area contributed by atoms with Crippen molar-refractivity contribution in [3.63, 3.8) is 0 Å². The van der Waals surface area contributed by atoms with Gasteiger partial charge in [-0.1, -0.05) is 18.2 Å². The molecule has 1 N–H and O–H groups in total. The van der Waals surface area contributed by atoms with Crippen molar-refractivity contribution in [3.8, 4) is 0 Å². The number of aliphatic imine (C=N–C) groups is 1. The van der Waals surface area contributed by atoms with Gasteiger partial charge in [0.05, 0.1) is 5.69 Å². The zero-order chi connectivity index (χ0) is 9.54. The summed E-state index contributed by atoms with van der Waals surface area (Å²) in [6.07, 6.45) is 0.454. The third kappa shape index (κ3) is 1.62. The number of aliphatic hydroxyl groups is 1. The predicted octanol–water partition coefficient (Wildman–Crippen LogP) is 1.72. The number of hydrogen-bond acceptors (Lipinski definition) is 3. The number of nitrogens with zero attached hydrogens (tertiary/aromatic N) is 2. The van der Waals surface area contributed by atoms with Gasteiger partial charge in [0.15, 0.2) is 0 Å². The Morgan fingerprint density at radius 2 is 2.13 bits per heavy atom. The van der Waals surface area contributed by atoms with Crippen molar-refractivity contribution in [1.29, 1.82) is 0 Å². The molecule has 2 aliphatic rings. The molecule has 80 valence electrons. The molecule has 0 unspecified atom stereocenters. The van der Waals surface area contributed by atoms with E-state index in [1.54, 1.807) is 0 Å². The average Bonchev–Trinajstić information content (AvgIpc) is 2.57. The number of fused-ring (bicyclic) bond motifs is 2. The summed E-state index contributed by atoms with van der Waals surface area (Å²) < 4.78 is 0. The van der Waals surface area contributed by atoms with E-state index in [0.717, 1.165) is 31.0 Å². The normalized spacial score (nSPS) is 22.6. The minimum atomic E-state index is -0.358. The summed E-state index contributed by atoms with van der Waals surface area (Å²) in [4.78, 5) is 6.64. The first-order valence-electron chi connectivity index (χ1n) is 4.94. The van der Waals surface area contributed by atoms with Gasteiger partial charge in [0.2, 0.25) is 0 Å². The second kappa shape index (κ2) is 3.83. The molecule has 0 amide bonds. The number of aliphatic hydroxyl groups excluding tert-OH is 1. The summed E-state index contributed by atoms with van der Waals surface area (Å²) in [6.45, 7) is 1.82. The summed E-state index contributed by atoms with van der Waals surface area (Å²) in [5.41, 5.74) is 2.27. The fraction of sp³-hybridized carbons (Fsp3) is 0.364. The number of hydrogen-bond donors (Lipinski definition) is 1. The van der Waals surface area contributed by atoms with Gasteiger partial charge in [-0.25, -0.2) is 4.99 Å². The molecule has 1 aromatic rings. The van der Waals surface area contributed by atoms with Crippen LogP contribution in [0.5, 0.6) is 0 Å². The molecule has 3 nitrogen and oxygen atoms in total. The van der Waals surface area contributed by atoms with Crippen LogP contribution in [-0.4, -0.2) is 28.5 Å². The minimum absolute atomic E-state index is 0. The molecule has 1 fully saturated rings. The topological polar surface area (TPSA) is 35.8 Å². The largest absolute Gasteiger partial charge is 0.385 e. The average molecular weight is 225 g/mol. The highest BCUT2D eigenvalue weighted by Gasteiger charge is 2.30. The van der Waals surface area contributed by atoms with E-state index < -0.39 is 0 Å². The van der Waals surface area contributed by atoms with Gasteiger partial charge < -0.3 is 10.0 Å². The van der Waals surface area contributed by atoms with E-state index in [0.29, 0.717) is 0 Å². The predicted molar refractivity (Wildman–Crippen MR) is 61.8 cm³/mol. The first-order chi connectivity index (χ1) is 6.84. The van der Waals surface area contributed by atoms with Crippen LogP contribution in [0.15, 0.2) is 29.3 Å². The van der Waals surface area contributed by atoms with Crippen LogP contribution in [0, 0.1) is 0 Å². The first kappa shape index (κ1) is 10.5. The van der Waals surface area contributed by atoms with E-state index in [-0.39, 0.29) is 18.5 Å². The Labute approximate surface area is 94.8 Å². The monoisotopic (exact) mass is 224 g/mol. The lowest BCUT2D eigenvalue weighted by Crippen LogP contribution is -2.31. The quantitative estimate of drug-likeness (QED) is 0.729. The second-order valence-corrected chi connectivity index (χ2v) is 3.82. The lowest BCUT2D eigenvalue weighted by atomic mass is 10.1. The van der Waals surface area contributed by atoms with Gasteiger partial charge >= 0.3 is 0 Å². The standard InChI is InChI=1S/C11H12N2O.ClH/c14-10-5-6-13-7-8-3-1-2-4-9(8)12-11(10)13;/h1-4,10,14H,5-7H2;1H/t10-;/m1./s1. The molecular weight excluding hydrogens is 212 g/mol. The van der Waals surface area contributed by atoms with E-state index >= 15 is 0 Å². The van der Waals surface area contributed by atoms with Gasteiger partial charge in [0.25, 0.3) is 0 Å². The molecule has 3 rings (SSSR count). The maximum Gasteiger partial charge on any atom is 0.134 e. The molecule has 0 aliphatic carbocycles. The summed E-state index contributed by atoms with van der Waals surface area (Å²) in [7, 11) is 0. The maximum absolute atomic E-state index is 9.68. The van der Waals surface area contributed by atoms with Crippen LogP contribution >= 0.6 is 12.4 Å². The van der Waals surface area contributed by atoms with Gasteiger partial charge in [-0.15, -0.1) is 12.4 Å². The van der Waals surface area contributed by atoms with Crippen molar-refractivity contribution < 1.29 is 5.11 Å². The summed E-state index contributed by atoms with van der Waals surface area (Å²) in [5.74, 6) is 0.851. The molecule has 1 atom stereocenters. The Bertz CT molecular complexity index is 405. The zero-order valence-corrected chi connectivity index (χ0v) is 9.07. The van der Waals surface area contributed by atoms with Gasteiger partial charge in [-0.3, -0.25) is 0 Å². The van der Waals surface area contributed by atoms with Crippen LogP contribution in [0.25, 0.3) is 0 Å². The van der Waals surface area contributed by atoms with Crippen molar-refractivity contribution in [1.82, 2.24) is 4.90 Å². The highest BCUT2D eigenvalue weighted by molar-refractivity contribution is 5.92. The molecule has 4 heteroatoms. The Morgan fingerprint density at radius 1 is 1.33 bits per heavy atom. The highest BCUT2D eigenvalue weighted by Crippen LogP contribution is 2.29. The number of halogens is 1. The molecule has 1 aromatic carbocycles. The third-order valence-electron chi connectivity index (χ3n) is 2.88. The van der Waals surface area contributed by atoms with Crippen molar-refractivity contribution in [3.05, 3.63) is 29.8 Å². The van der Waals surface area contributed by atoms with Crippen LogP contribution in [0.4, 0.5) is 5.69 Å². The molecule has 0 aromatic heterocycles. The molecule has 0 spiro atoms. The number of para-hydroxylation sites is 1. The minimum Gasteiger partial charge on any atom is -0.385 e. The van der Waals surface area contributed by atoms with Crippen LogP contribution in [-0.2, 0) is 6.54 Å². The molecule has 1 saturated heterocycles. The van der Waals surface area contributed by atoms with Gasteiger partial charge in [0, 0.05) is 13.1 Å². The Morgan fingerprint density at radius 3 is 3.00 bits per heavy atom. The lowest BCUT2D eigenvalue weighted by Gasteiger charge is -2.25. The van der Waals surface area contributed by atoms with Crippen LogP contribution < -0.4 is 0 Å². The van der Waals surface area contributed by atoms with Crippen LogP contribution in [0.3, 0.4) is 0 Å². The SMILES string of the molecule is Cl.O[C@@H]1CCN2Cc3ccccc3N=C12. The number of amidine groups is 1. The number of rotatable bonds is 0. The summed E-state index contributed by atoms with van der Waals surface area (Å²) in [6, 6.07) is 8.12. The van der Waals surface area contributed by atoms with Crippen molar-refractivity contribution >= 4 is 23.9 Å². The molecule has 0 bridgehead atoms. The van der Waals surface area contributed by atoms with Crippen molar-refractivity contribution in [2.24, 2.45) is 4.99 Å². The lowest BCUT2D eigenvalue weighted by molar-refractivity contribution is 0.245. The molecule has 2 aliphatic heterocycles. The first-order valence-corrected chi connectivity index (χ1v) is 4.94. The van der Waals surface area contributed by atoms with E-state index in [1.807, 2.05) is 18.2 Å². The molecule has 15 heavy (non-hydrogen) atoms. The van der Waals surface area contributed by atoms with Crippen LogP contribution in [0.2, 0.25) is 0 Å². The molecule has 0 saturated carbocycles. The van der Waals surface area contributed by atoms with E-state index in [2.05, 4.69) is 16.0 Å². The van der Waals surface area contributed by atoms with Crippen LogP contribution in [0.1, 0.15) is 12.0 Å². The fourth-order valence-corrected chi connectivity index (χ4v) is 2.12. The summed E-state index contributed by atoms with van der Waals surface area (Å²) >= 11 is 0. The van der Waals surface area contributed by atoms with Gasteiger partial charge in [-0.2, -0.15) is 0 Å².